The van der Waals surface area contributed by atoms with Gasteiger partial charge in [0, 0.05) is 37.1 Å². The molecular formula is C11H15N5O2S. The third-order valence-corrected chi connectivity index (χ3v) is 4.25. The number of pyridine rings is 1. The van der Waals surface area contributed by atoms with Crippen molar-refractivity contribution >= 4 is 15.8 Å². The summed E-state index contributed by atoms with van der Waals surface area (Å²) >= 11 is 0. The number of nitrogens with one attached hydrogen (secondary N) is 1. The van der Waals surface area contributed by atoms with E-state index in [9.17, 15) is 8.42 Å². The molecule has 19 heavy (non-hydrogen) atoms. The average Bonchev–Trinajstić information content (AvgIpc) is 2.68. The van der Waals surface area contributed by atoms with E-state index in [1.807, 2.05) is 6.92 Å². The lowest BCUT2D eigenvalue weighted by molar-refractivity contribution is 0.581. The van der Waals surface area contributed by atoms with Gasteiger partial charge in [0.15, 0.2) is 0 Å². The van der Waals surface area contributed by atoms with E-state index in [-0.39, 0.29) is 17.3 Å². The number of hydrogen-bond acceptors (Lipinski definition) is 5. The molecule has 0 atom stereocenters. The second-order valence-corrected chi connectivity index (χ2v) is 5.89. The summed E-state index contributed by atoms with van der Waals surface area (Å²) in [7, 11) is -1.79. The van der Waals surface area contributed by atoms with Crippen LogP contribution in [-0.4, -0.2) is 23.2 Å². The first-order valence-corrected chi connectivity index (χ1v) is 7.07. The van der Waals surface area contributed by atoms with Crippen LogP contribution >= 0.6 is 0 Å². The molecule has 0 fully saturated rings. The molecule has 2 aromatic heterocycles. The smallest absolute Gasteiger partial charge is 0.241 e. The first-order valence-electron chi connectivity index (χ1n) is 5.59. The van der Waals surface area contributed by atoms with Crippen LogP contribution in [0.25, 0.3) is 0 Å². The van der Waals surface area contributed by atoms with Crippen molar-refractivity contribution in [1.29, 1.82) is 0 Å². The predicted molar refractivity (Wildman–Crippen MR) is 70.6 cm³/mol. The minimum atomic E-state index is -3.60. The average molecular weight is 281 g/mol. The lowest BCUT2D eigenvalue weighted by Gasteiger charge is -2.06. The van der Waals surface area contributed by atoms with Gasteiger partial charge in [-0.15, -0.1) is 0 Å². The van der Waals surface area contributed by atoms with Gasteiger partial charge < -0.3 is 5.73 Å². The summed E-state index contributed by atoms with van der Waals surface area (Å²) < 4.78 is 28.3. The molecule has 0 unspecified atom stereocenters. The highest BCUT2D eigenvalue weighted by molar-refractivity contribution is 7.89. The number of anilines is 1. The van der Waals surface area contributed by atoms with Crippen LogP contribution in [0, 0.1) is 6.92 Å². The number of rotatable bonds is 4. The van der Waals surface area contributed by atoms with Crippen molar-refractivity contribution in [2.75, 3.05) is 5.73 Å². The van der Waals surface area contributed by atoms with Crippen molar-refractivity contribution in [3.63, 3.8) is 0 Å². The summed E-state index contributed by atoms with van der Waals surface area (Å²) in [5.74, 6) is 0.167. The minimum Gasteiger partial charge on any atom is -0.384 e. The number of nitrogens with zero attached hydrogens (tertiary/aromatic N) is 3. The molecule has 0 spiro atoms. The number of nitrogen functional groups attached to an aromatic ring is 1. The highest BCUT2D eigenvalue weighted by atomic mass is 32.2. The summed E-state index contributed by atoms with van der Waals surface area (Å²) in [4.78, 5) is 3.86. The van der Waals surface area contributed by atoms with Gasteiger partial charge in [0.2, 0.25) is 10.0 Å². The molecule has 2 heterocycles. The van der Waals surface area contributed by atoms with E-state index in [4.69, 9.17) is 5.73 Å². The van der Waals surface area contributed by atoms with Gasteiger partial charge >= 0.3 is 0 Å². The highest BCUT2D eigenvalue weighted by Crippen LogP contribution is 2.12. The van der Waals surface area contributed by atoms with Crippen LogP contribution in [0.15, 0.2) is 29.4 Å². The number of sulfonamides is 1. The summed E-state index contributed by atoms with van der Waals surface area (Å²) in [6.45, 7) is 2.06. The molecule has 2 aromatic rings. The monoisotopic (exact) mass is 281 g/mol. The third kappa shape index (κ3) is 2.91. The fourth-order valence-electron chi connectivity index (χ4n) is 1.57. The molecule has 2 rings (SSSR count). The van der Waals surface area contributed by atoms with Crippen LogP contribution in [0.4, 0.5) is 5.82 Å². The second kappa shape index (κ2) is 4.98. The molecule has 0 aliphatic heterocycles. The van der Waals surface area contributed by atoms with E-state index in [2.05, 4.69) is 14.8 Å². The van der Waals surface area contributed by atoms with E-state index in [1.165, 1.54) is 18.3 Å². The number of aryl methyl sites for hydroxylation is 1. The first-order chi connectivity index (χ1) is 8.90. The summed E-state index contributed by atoms with van der Waals surface area (Å²) in [5, 5.41) is 4.06. The molecule has 0 aliphatic carbocycles. The Morgan fingerprint density at radius 2 is 2.21 bits per heavy atom. The van der Waals surface area contributed by atoms with Gasteiger partial charge in [0.05, 0.1) is 11.1 Å². The number of hydrogen-bond donors (Lipinski definition) is 2. The maximum Gasteiger partial charge on any atom is 0.241 e. The normalized spacial score (nSPS) is 11.7. The highest BCUT2D eigenvalue weighted by Gasteiger charge is 2.15. The second-order valence-electron chi connectivity index (χ2n) is 4.12. The summed E-state index contributed by atoms with van der Waals surface area (Å²) in [6, 6.07) is 2.72. The van der Waals surface area contributed by atoms with Crippen molar-refractivity contribution < 1.29 is 8.42 Å². The maximum absolute atomic E-state index is 12.1. The van der Waals surface area contributed by atoms with Crippen molar-refractivity contribution in [3.05, 3.63) is 35.8 Å². The minimum absolute atomic E-state index is 0.0987. The van der Waals surface area contributed by atoms with Crippen LogP contribution in [-0.2, 0) is 23.6 Å². The lowest BCUT2D eigenvalue weighted by atomic mass is 10.3. The van der Waals surface area contributed by atoms with Crippen LogP contribution < -0.4 is 10.5 Å². The van der Waals surface area contributed by atoms with E-state index < -0.39 is 10.0 Å². The topological polar surface area (TPSA) is 103 Å². The van der Waals surface area contributed by atoms with Crippen LogP contribution in [0.1, 0.15) is 11.3 Å². The predicted octanol–water partition coefficient (Wildman–Crippen LogP) is 0.184. The molecule has 0 aliphatic rings. The molecule has 0 saturated carbocycles. The van der Waals surface area contributed by atoms with Crippen molar-refractivity contribution in [3.8, 4) is 0 Å². The summed E-state index contributed by atoms with van der Waals surface area (Å²) in [6.07, 6.45) is 3.00. The molecule has 7 nitrogen and oxygen atoms in total. The number of nitrogens with two attached hydrogens (primary N) is 1. The van der Waals surface area contributed by atoms with Gasteiger partial charge in [-0.2, -0.15) is 5.10 Å². The Balaban J connectivity index is 2.17. The zero-order chi connectivity index (χ0) is 14.0. The van der Waals surface area contributed by atoms with E-state index in [1.54, 1.807) is 17.9 Å². The Hall–Kier alpha value is -1.93. The van der Waals surface area contributed by atoms with Crippen LogP contribution in [0.2, 0.25) is 0 Å². The van der Waals surface area contributed by atoms with Gasteiger partial charge in [-0.05, 0) is 13.0 Å². The molecule has 0 aromatic carbocycles. The fraction of sp³-hybridized carbons (Fsp3) is 0.273. The van der Waals surface area contributed by atoms with Crippen LogP contribution in [0.3, 0.4) is 0 Å². The van der Waals surface area contributed by atoms with Crippen molar-refractivity contribution in [1.82, 2.24) is 19.5 Å². The quantitative estimate of drug-likeness (QED) is 0.832. The Labute approximate surface area is 111 Å². The first kappa shape index (κ1) is 13.5. The Morgan fingerprint density at radius 3 is 2.79 bits per heavy atom. The SMILES string of the molecule is Cc1c(CNS(=O)(=O)c2ccnc(N)c2)cnn1C. The zero-order valence-electron chi connectivity index (χ0n) is 10.7. The van der Waals surface area contributed by atoms with Gasteiger partial charge in [-0.25, -0.2) is 18.1 Å². The Morgan fingerprint density at radius 1 is 1.47 bits per heavy atom. The molecule has 0 amide bonds. The Kier molecular flexibility index (Phi) is 3.54. The fourth-order valence-corrected chi connectivity index (χ4v) is 2.60. The van der Waals surface area contributed by atoms with Gasteiger partial charge in [0.1, 0.15) is 5.82 Å². The molecular weight excluding hydrogens is 266 g/mol. The van der Waals surface area contributed by atoms with Gasteiger partial charge in [0.25, 0.3) is 0 Å². The molecule has 0 bridgehead atoms. The third-order valence-electron chi connectivity index (χ3n) is 2.85. The lowest BCUT2D eigenvalue weighted by Crippen LogP contribution is -2.23. The largest absolute Gasteiger partial charge is 0.384 e. The standard InChI is InChI=1S/C11H15N5O2S/c1-8-9(6-14-16(8)2)7-15-19(17,18)10-3-4-13-11(12)5-10/h3-6,15H,7H2,1-2H3,(H2,12,13). The maximum atomic E-state index is 12.1. The summed E-state index contributed by atoms with van der Waals surface area (Å²) in [5.41, 5.74) is 7.21. The van der Waals surface area contributed by atoms with E-state index in [0.717, 1.165) is 11.3 Å². The molecule has 0 saturated heterocycles. The van der Waals surface area contributed by atoms with Gasteiger partial charge in [-0.1, -0.05) is 0 Å². The molecule has 102 valence electrons. The van der Waals surface area contributed by atoms with Crippen molar-refractivity contribution in [2.24, 2.45) is 7.05 Å². The molecule has 0 radical (unpaired) electrons. The van der Waals surface area contributed by atoms with E-state index >= 15 is 0 Å². The van der Waals surface area contributed by atoms with Gasteiger partial charge in [-0.3, -0.25) is 4.68 Å². The Bertz CT molecular complexity index is 693. The molecule has 8 heteroatoms. The number of aromatic nitrogens is 3. The van der Waals surface area contributed by atoms with E-state index in [0.29, 0.717) is 0 Å². The van der Waals surface area contributed by atoms with Crippen molar-refractivity contribution in [2.45, 2.75) is 18.4 Å². The zero-order valence-corrected chi connectivity index (χ0v) is 11.5. The molecule has 3 N–H and O–H groups in total. The van der Waals surface area contributed by atoms with Crippen LogP contribution in [0.5, 0.6) is 0 Å².